The van der Waals surface area contributed by atoms with E-state index < -0.39 is 0 Å². The van der Waals surface area contributed by atoms with E-state index in [9.17, 15) is 9.59 Å². The molecule has 0 aliphatic heterocycles. The van der Waals surface area contributed by atoms with Gasteiger partial charge in [-0.1, -0.05) is 91.4 Å². The maximum absolute atomic E-state index is 11.9. The first-order chi connectivity index (χ1) is 14.1. The smallest absolute Gasteiger partial charge is 0.306 e. The molecular weight excluding hydrogens is 364 g/mol. The van der Waals surface area contributed by atoms with Crippen LogP contribution in [-0.4, -0.2) is 24.6 Å². The van der Waals surface area contributed by atoms with Crippen LogP contribution in [0.15, 0.2) is 0 Å². The summed E-state index contributed by atoms with van der Waals surface area (Å²) in [4.78, 5) is 23.6. The number of carbonyl (C=O) groups is 2. The minimum absolute atomic E-state index is 0.0495. The summed E-state index contributed by atoms with van der Waals surface area (Å²) in [5.74, 6) is -0.268. The molecule has 0 spiro atoms. The molecule has 0 aliphatic rings. The molecule has 172 valence electrons. The largest absolute Gasteiger partial charge is 0.466 e. The number of hydrogen-bond donors (Lipinski definition) is 0. The van der Waals surface area contributed by atoms with Crippen molar-refractivity contribution in [3.8, 4) is 0 Å². The third-order valence-corrected chi connectivity index (χ3v) is 5.41. The van der Waals surface area contributed by atoms with Crippen LogP contribution in [0.2, 0.25) is 0 Å². The van der Waals surface area contributed by atoms with Crippen LogP contribution in [0.5, 0.6) is 0 Å². The van der Waals surface area contributed by atoms with E-state index >= 15 is 0 Å². The Labute approximate surface area is 180 Å². The lowest BCUT2D eigenvalue weighted by molar-refractivity contribution is -0.150. The number of rotatable bonds is 21. The third-order valence-electron chi connectivity index (χ3n) is 5.41. The van der Waals surface area contributed by atoms with Crippen molar-refractivity contribution in [3.63, 3.8) is 0 Å². The second-order valence-corrected chi connectivity index (χ2v) is 8.27. The Morgan fingerprint density at radius 2 is 1.14 bits per heavy atom. The lowest BCUT2D eigenvalue weighted by Gasteiger charge is -2.15. The van der Waals surface area contributed by atoms with Crippen molar-refractivity contribution < 1.29 is 19.1 Å². The Kier molecular flexibility index (Phi) is 20.9. The summed E-state index contributed by atoms with van der Waals surface area (Å²) < 4.78 is 10.8. The highest BCUT2D eigenvalue weighted by atomic mass is 16.5. The monoisotopic (exact) mass is 412 g/mol. The Morgan fingerprint density at radius 3 is 1.69 bits per heavy atom. The summed E-state index contributed by atoms with van der Waals surface area (Å²) in [6.45, 7) is 6.98. The molecule has 0 heterocycles. The van der Waals surface area contributed by atoms with E-state index in [2.05, 4.69) is 20.8 Å². The topological polar surface area (TPSA) is 52.6 Å². The van der Waals surface area contributed by atoms with Gasteiger partial charge in [0.25, 0.3) is 0 Å². The van der Waals surface area contributed by atoms with Crippen molar-refractivity contribution >= 4 is 11.9 Å². The van der Waals surface area contributed by atoms with Gasteiger partial charge in [0.05, 0.1) is 6.61 Å². The van der Waals surface area contributed by atoms with Crippen molar-refractivity contribution in [1.29, 1.82) is 0 Å². The fraction of sp³-hybridized carbons (Fsp3) is 0.920. The Balaban J connectivity index is 3.44. The molecule has 0 saturated carbocycles. The predicted octanol–water partition coefficient (Wildman–Crippen LogP) is 7.52. The highest BCUT2D eigenvalue weighted by molar-refractivity contribution is 5.70. The minimum Gasteiger partial charge on any atom is -0.466 e. The van der Waals surface area contributed by atoms with Crippen LogP contribution in [0.3, 0.4) is 0 Å². The van der Waals surface area contributed by atoms with Gasteiger partial charge in [-0.2, -0.15) is 0 Å². The van der Waals surface area contributed by atoms with Gasteiger partial charge in [-0.05, 0) is 32.1 Å². The minimum atomic E-state index is -0.135. The summed E-state index contributed by atoms with van der Waals surface area (Å²) in [5, 5.41) is 0. The molecule has 0 N–H and O–H groups in total. The molecule has 4 nitrogen and oxygen atoms in total. The number of hydrogen-bond acceptors (Lipinski definition) is 4. The second-order valence-electron chi connectivity index (χ2n) is 8.27. The molecule has 1 unspecified atom stereocenters. The zero-order valence-electron chi connectivity index (χ0n) is 19.6. The molecule has 0 fully saturated rings. The summed E-state index contributed by atoms with van der Waals surface area (Å²) in [6.07, 6.45) is 19.0. The maximum Gasteiger partial charge on any atom is 0.306 e. The average Bonchev–Trinajstić information content (AvgIpc) is 2.72. The SMILES string of the molecule is CCCCCCCCCCCCOC(=O)CCCCC(=O)OC(CC)CCCC. The number of carbonyl (C=O) groups excluding carboxylic acids is 2. The summed E-state index contributed by atoms with van der Waals surface area (Å²) >= 11 is 0. The number of unbranched alkanes of at least 4 members (excludes halogenated alkanes) is 11. The molecule has 0 rings (SSSR count). The molecular formula is C25H48O4. The first kappa shape index (κ1) is 27.9. The summed E-state index contributed by atoms with van der Waals surface area (Å²) in [6, 6.07) is 0. The van der Waals surface area contributed by atoms with Crippen LogP contribution in [0, 0.1) is 0 Å². The fourth-order valence-corrected chi connectivity index (χ4v) is 3.41. The average molecular weight is 413 g/mol. The van der Waals surface area contributed by atoms with Gasteiger partial charge in [-0.15, -0.1) is 0 Å². The molecule has 0 bridgehead atoms. The molecule has 0 aromatic carbocycles. The van der Waals surface area contributed by atoms with Gasteiger partial charge in [0.15, 0.2) is 0 Å². The first-order valence-corrected chi connectivity index (χ1v) is 12.5. The standard InChI is InChI=1S/C25H48O4/c1-4-7-9-10-11-12-13-14-15-18-22-28-24(26)20-16-17-21-25(27)29-23(6-3)19-8-5-2/h23H,4-22H2,1-3H3. The molecule has 0 aromatic heterocycles. The van der Waals surface area contributed by atoms with Crippen molar-refractivity contribution in [2.45, 2.75) is 142 Å². The third kappa shape index (κ3) is 20.0. The molecule has 0 amide bonds. The van der Waals surface area contributed by atoms with Crippen molar-refractivity contribution in [1.82, 2.24) is 0 Å². The van der Waals surface area contributed by atoms with Crippen LogP contribution in [0.4, 0.5) is 0 Å². The molecule has 1 atom stereocenters. The van der Waals surface area contributed by atoms with Gasteiger partial charge in [0.2, 0.25) is 0 Å². The lowest BCUT2D eigenvalue weighted by Crippen LogP contribution is -2.17. The van der Waals surface area contributed by atoms with Crippen molar-refractivity contribution in [2.24, 2.45) is 0 Å². The van der Waals surface area contributed by atoms with Crippen LogP contribution in [0.25, 0.3) is 0 Å². The Bertz CT molecular complexity index is 381. The summed E-state index contributed by atoms with van der Waals surface area (Å²) in [7, 11) is 0. The van der Waals surface area contributed by atoms with E-state index in [1.807, 2.05) is 0 Å². The first-order valence-electron chi connectivity index (χ1n) is 12.5. The molecule has 0 saturated heterocycles. The Morgan fingerprint density at radius 1 is 0.621 bits per heavy atom. The van der Waals surface area contributed by atoms with Gasteiger partial charge in [-0.3, -0.25) is 9.59 Å². The van der Waals surface area contributed by atoms with E-state index in [1.54, 1.807) is 0 Å². The highest BCUT2D eigenvalue weighted by Crippen LogP contribution is 2.12. The zero-order chi connectivity index (χ0) is 21.6. The van der Waals surface area contributed by atoms with Gasteiger partial charge >= 0.3 is 11.9 Å². The normalized spacial score (nSPS) is 12.0. The van der Waals surface area contributed by atoms with Crippen molar-refractivity contribution in [3.05, 3.63) is 0 Å². The van der Waals surface area contributed by atoms with Crippen LogP contribution < -0.4 is 0 Å². The fourth-order valence-electron chi connectivity index (χ4n) is 3.41. The highest BCUT2D eigenvalue weighted by Gasteiger charge is 2.12. The second kappa shape index (κ2) is 21.6. The van der Waals surface area contributed by atoms with E-state index in [4.69, 9.17) is 9.47 Å². The molecule has 0 aromatic rings. The maximum atomic E-state index is 11.9. The van der Waals surface area contributed by atoms with Gasteiger partial charge in [0, 0.05) is 12.8 Å². The van der Waals surface area contributed by atoms with E-state index in [-0.39, 0.29) is 18.0 Å². The number of esters is 2. The predicted molar refractivity (Wildman–Crippen MR) is 121 cm³/mol. The van der Waals surface area contributed by atoms with E-state index in [0.29, 0.717) is 32.3 Å². The van der Waals surface area contributed by atoms with Gasteiger partial charge in [0.1, 0.15) is 6.10 Å². The van der Waals surface area contributed by atoms with E-state index in [1.165, 1.54) is 51.4 Å². The Hall–Kier alpha value is -1.06. The van der Waals surface area contributed by atoms with Crippen LogP contribution in [0.1, 0.15) is 136 Å². The lowest BCUT2D eigenvalue weighted by atomic mass is 10.1. The molecule has 4 heteroatoms. The summed E-state index contributed by atoms with van der Waals surface area (Å²) in [5.41, 5.74) is 0. The quantitative estimate of drug-likeness (QED) is 0.144. The number of ether oxygens (including phenoxy) is 2. The van der Waals surface area contributed by atoms with Gasteiger partial charge < -0.3 is 9.47 Å². The van der Waals surface area contributed by atoms with Gasteiger partial charge in [-0.25, -0.2) is 0 Å². The van der Waals surface area contributed by atoms with Crippen LogP contribution >= 0.6 is 0 Å². The molecule has 0 radical (unpaired) electrons. The van der Waals surface area contributed by atoms with E-state index in [0.717, 1.165) is 38.5 Å². The molecule has 0 aliphatic carbocycles. The van der Waals surface area contributed by atoms with Crippen LogP contribution in [-0.2, 0) is 19.1 Å². The zero-order valence-corrected chi connectivity index (χ0v) is 19.6. The van der Waals surface area contributed by atoms with Crippen molar-refractivity contribution in [2.75, 3.05) is 6.61 Å². The molecule has 29 heavy (non-hydrogen) atoms.